The van der Waals surface area contributed by atoms with Gasteiger partial charge in [0, 0.05) is 12.5 Å². The van der Waals surface area contributed by atoms with Crippen LogP contribution in [-0.4, -0.2) is 16.2 Å². The first-order chi connectivity index (χ1) is 7.15. The molecule has 0 fully saturated rings. The zero-order chi connectivity index (χ0) is 10.8. The fraction of sp³-hybridized carbons (Fsp3) is 0.333. The van der Waals surface area contributed by atoms with E-state index in [4.69, 9.17) is 10.3 Å². The minimum absolute atomic E-state index is 0.0355. The highest BCUT2D eigenvalue weighted by Crippen LogP contribution is 2.29. The van der Waals surface area contributed by atoms with Crippen molar-refractivity contribution >= 4 is 27.3 Å². The van der Waals surface area contributed by atoms with E-state index in [1.54, 1.807) is 11.3 Å². The molecular formula is C9H10BrN3OS. The van der Waals surface area contributed by atoms with Gasteiger partial charge in [0.15, 0.2) is 0 Å². The van der Waals surface area contributed by atoms with Crippen molar-refractivity contribution < 1.29 is 4.52 Å². The SMILES string of the molecule is CC(N)Cc1nc(-c2ccc(Br)s2)no1. The second-order valence-electron chi connectivity index (χ2n) is 3.30. The Morgan fingerprint density at radius 2 is 2.40 bits per heavy atom. The highest BCUT2D eigenvalue weighted by atomic mass is 79.9. The van der Waals surface area contributed by atoms with E-state index < -0.39 is 0 Å². The maximum absolute atomic E-state index is 5.64. The van der Waals surface area contributed by atoms with Crippen LogP contribution < -0.4 is 5.73 Å². The summed E-state index contributed by atoms with van der Waals surface area (Å²) in [4.78, 5) is 5.25. The Labute approximate surface area is 99.6 Å². The van der Waals surface area contributed by atoms with Crippen molar-refractivity contribution in [2.45, 2.75) is 19.4 Å². The highest BCUT2D eigenvalue weighted by Gasteiger charge is 2.11. The van der Waals surface area contributed by atoms with Crippen molar-refractivity contribution in [3.63, 3.8) is 0 Å². The van der Waals surface area contributed by atoms with Crippen molar-refractivity contribution in [1.29, 1.82) is 0 Å². The molecule has 1 unspecified atom stereocenters. The third-order valence-electron chi connectivity index (χ3n) is 1.76. The van der Waals surface area contributed by atoms with E-state index in [1.165, 1.54) is 0 Å². The van der Waals surface area contributed by atoms with Crippen LogP contribution in [0.2, 0.25) is 0 Å². The molecule has 0 aromatic carbocycles. The monoisotopic (exact) mass is 287 g/mol. The zero-order valence-corrected chi connectivity index (χ0v) is 10.5. The molecule has 0 aliphatic rings. The van der Waals surface area contributed by atoms with Crippen molar-refractivity contribution in [1.82, 2.24) is 10.1 Å². The van der Waals surface area contributed by atoms with Crippen molar-refractivity contribution in [2.24, 2.45) is 5.73 Å². The molecule has 2 heterocycles. The Bertz CT molecular complexity index is 452. The lowest BCUT2D eigenvalue weighted by molar-refractivity contribution is 0.372. The van der Waals surface area contributed by atoms with Crippen LogP contribution in [0.4, 0.5) is 0 Å². The molecule has 1 atom stereocenters. The summed E-state index contributed by atoms with van der Waals surface area (Å²) in [5.74, 6) is 1.21. The summed E-state index contributed by atoms with van der Waals surface area (Å²) >= 11 is 4.96. The second kappa shape index (κ2) is 4.42. The van der Waals surface area contributed by atoms with Gasteiger partial charge in [-0.05, 0) is 35.0 Å². The Morgan fingerprint density at radius 3 is 3.00 bits per heavy atom. The summed E-state index contributed by atoms with van der Waals surface area (Å²) in [7, 11) is 0. The van der Waals surface area contributed by atoms with Crippen LogP contribution in [0.15, 0.2) is 20.4 Å². The summed E-state index contributed by atoms with van der Waals surface area (Å²) < 4.78 is 6.14. The summed E-state index contributed by atoms with van der Waals surface area (Å²) in [6.07, 6.45) is 0.611. The average molecular weight is 288 g/mol. The quantitative estimate of drug-likeness (QED) is 0.942. The lowest BCUT2D eigenvalue weighted by Crippen LogP contribution is -2.17. The molecule has 6 heteroatoms. The van der Waals surface area contributed by atoms with Crippen LogP contribution in [-0.2, 0) is 6.42 Å². The topological polar surface area (TPSA) is 64.9 Å². The molecule has 0 saturated carbocycles. The highest BCUT2D eigenvalue weighted by molar-refractivity contribution is 9.11. The van der Waals surface area contributed by atoms with E-state index in [9.17, 15) is 0 Å². The number of hydrogen-bond donors (Lipinski definition) is 1. The van der Waals surface area contributed by atoms with Gasteiger partial charge >= 0.3 is 0 Å². The minimum Gasteiger partial charge on any atom is -0.339 e. The van der Waals surface area contributed by atoms with Gasteiger partial charge in [-0.3, -0.25) is 0 Å². The first-order valence-electron chi connectivity index (χ1n) is 4.49. The Morgan fingerprint density at radius 1 is 1.60 bits per heavy atom. The molecule has 2 aromatic heterocycles. The predicted octanol–water partition coefficient (Wildman–Crippen LogP) is 2.45. The first-order valence-corrected chi connectivity index (χ1v) is 6.10. The van der Waals surface area contributed by atoms with Gasteiger partial charge in [-0.25, -0.2) is 0 Å². The summed E-state index contributed by atoms with van der Waals surface area (Å²) in [5.41, 5.74) is 5.64. The van der Waals surface area contributed by atoms with Crippen LogP contribution in [0.5, 0.6) is 0 Å². The van der Waals surface area contributed by atoms with Gasteiger partial charge in [0.2, 0.25) is 11.7 Å². The molecule has 15 heavy (non-hydrogen) atoms. The van der Waals surface area contributed by atoms with Crippen LogP contribution in [0.3, 0.4) is 0 Å². The third kappa shape index (κ3) is 2.64. The zero-order valence-electron chi connectivity index (χ0n) is 8.11. The second-order valence-corrected chi connectivity index (χ2v) is 5.76. The molecule has 2 rings (SSSR count). The van der Waals surface area contributed by atoms with Gasteiger partial charge in [0.1, 0.15) is 0 Å². The molecule has 2 aromatic rings. The number of rotatable bonds is 3. The molecular weight excluding hydrogens is 278 g/mol. The molecule has 0 radical (unpaired) electrons. The third-order valence-corrected chi connectivity index (χ3v) is 3.38. The molecule has 0 spiro atoms. The molecule has 80 valence electrons. The van der Waals surface area contributed by atoms with Crippen LogP contribution in [0.1, 0.15) is 12.8 Å². The maximum Gasteiger partial charge on any atom is 0.228 e. The predicted molar refractivity (Wildman–Crippen MR) is 62.7 cm³/mol. The molecule has 4 nitrogen and oxygen atoms in total. The molecule has 0 bridgehead atoms. The number of aromatic nitrogens is 2. The molecule has 0 saturated heterocycles. The van der Waals surface area contributed by atoms with Crippen LogP contribution in [0.25, 0.3) is 10.7 Å². The number of nitrogens with zero attached hydrogens (tertiary/aromatic N) is 2. The number of hydrogen-bond acceptors (Lipinski definition) is 5. The Balaban J connectivity index is 2.20. The van der Waals surface area contributed by atoms with Gasteiger partial charge in [0.25, 0.3) is 0 Å². The van der Waals surface area contributed by atoms with Gasteiger partial charge in [0.05, 0.1) is 8.66 Å². The molecule has 0 aliphatic carbocycles. The fourth-order valence-corrected chi connectivity index (χ4v) is 2.46. The van der Waals surface area contributed by atoms with Crippen molar-refractivity contribution in [3.05, 3.63) is 21.8 Å². The molecule has 0 amide bonds. The van der Waals surface area contributed by atoms with Crippen LogP contribution >= 0.6 is 27.3 Å². The van der Waals surface area contributed by atoms with E-state index in [0.29, 0.717) is 18.1 Å². The van der Waals surface area contributed by atoms with Crippen molar-refractivity contribution in [2.75, 3.05) is 0 Å². The van der Waals surface area contributed by atoms with E-state index in [-0.39, 0.29) is 6.04 Å². The number of nitrogens with two attached hydrogens (primary N) is 1. The number of halogens is 1. The normalized spacial score (nSPS) is 13.0. The lowest BCUT2D eigenvalue weighted by atomic mass is 10.2. The van der Waals surface area contributed by atoms with Crippen molar-refractivity contribution in [3.8, 4) is 10.7 Å². The fourth-order valence-electron chi connectivity index (χ4n) is 1.15. The van der Waals surface area contributed by atoms with Crippen LogP contribution in [0, 0.1) is 0 Å². The number of thiophene rings is 1. The van der Waals surface area contributed by atoms with E-state index in [0.717, 1.165) is 8.66 Å². The Kier molecular flexibility index (Phi) is 3.18. The van der Waals surface area contributed by atoms with E-state index in [1.807, 2.05) is 19.1 Å². The summed E-state index contributed by atoms with van der Waals surface area (Å²) in [5, 5.41) is 3.90. The standard InChI is InChI=1S/C9H10BrN3OS/c1-5(11)4-8-12-9(13-14-8)6-2-3-7(10)15-6/h2-3,5H,4,11H2,1H3. The van der Waals surface area contributed by atoms with Gasteiger partial charge in [-0.15, -0.1) is 11.3 Å². The summed E-state index contributed by atoms with van der Waals surface area (Å²) in [6, 6.07) is 3.95. The molecule has 2 N–H and O–H groups in total. The Hall–Kier alpha value is -0.720. The smallest absolute Gasteiger partial charge is 0.228 e. The van der Waals surface area contributed by atoms with Gasteiger partial charge in [-0.2, -0.15) is 4.98 Å². The minimum atomic E-state index is 0.0355. The summed E-state index contributed by atoms with van der Waals surface area (Å²) in [6.45, 7) is 1.91. The largest absolute Gasteiger partial charge is 0.339 e. The van der Waals surface area contributed by atoms with E-state index >= 15 is 0 Å². The molecule has 0 aliphatic heterocycles. The van der Waals surface area contributed by atoms with Gasteiger partial charge < -0.3 is 10.3 Å². The maximum atomic E-state index is 5.64. The lowest BCUT2D eigenvalue weighted by Gasteiger charge is -1.96. The first kappa shape index (κ1) is 10.8. The average Bonchev–Trinajstić information content (AvgIpc) is 2.72. The van der Waals surface area contributed by atoms with E-state index in [2.05, 4.69) is 26.1 Å². The van der Waals surface area contributed by atoms with Gasteiger partial charge in [-0.1, -0.05) is 5.16 Å².